The molecule has 0 radical (unpaired) electrons. The maximum Gasteiger partial charge on any atom is 0.326 e. The molecule has 1 aromatic carbocycles. The summed E-state index contributed by atoms with van der Waals surface area (Å²) in [5.41, 5.74) is 1.65. The first-order chi connectivity index (χ1) is 15.0. The number of halogens is 1. The van der Waals surface area contributed by atoms with E-state index in [-0.39, 0.29) is 11.8 Å². The zero-order chi connectivity index (χ0) is 21.4. The molecule has 31 heavy (non-hydrogen) atoms. The highest BCUT2D eigenvalue weighted by Crippen LogP contribution is 2.30. The predicted octanol–water partition coefficient (Wildman–Crippen LogP) is 3.68. The number of anilines is 3. The Morgan fingerprint density at radius 2 is 1.94 bits per heavy atom. The Bertz CT molecular complexity index is 1200. The number of rotatable bonds is 5. The first-order valence-electron chi connectivity index (χ1n) is 10.0. The highest BCUT2D eigenvalue weighted by molar-refractivity contribution is 5.82. The molecule has 3 aromatic heterocycles. The largest absolute Gasteiger partial charge is 0.421 e. The van der Waals surface area contributed by atoms with E-state index in [1.54, 1.807) is 12.1 Å². The number of fused-ring (bicyclic) bond motifs is 1. The number of piperazine rings is 1. The van der Waals surface area contributed by atoms with E-state index in [0.29, 0.717) is 23.0 Å². The molecule has 0 spiro atoms. The molecule has 0 saturated carbocycles. The molecule has 4 aromatic rings. The van der Waals surface area contributed by atoms with Crippen molar-refractivity contribution in [1.82, 2.24) is 25.0 Å². The number of hydrogen-bond donors (Lipinski definition) is 2. The maximum absolute atomic E-state index is 14.7. The second-order valence-corrected chi connectivity index (χ2v) is 7.62. The number of aryl methyl sites for hydroxylation is 1. The maximum atomic E-state index is 14.7. The molecule has 160 valence electrons. The van der Waals surface area contributed by atoms with Gasteiger partial charge in [0.15, 0.2) is 17.4 Å². The number of ether oxygens (including phenoxy) is 1. The summed E-state index contributed by atoms with van der Waals surface area (Å²) in [4.78, 5) is 16.5. The van der Waals surface area contributed by atoms with Gasteiger partial charge < -0.3 is 29.4 Å². The third kappa shape index (κ3) is 4.15. The smallest absolute Gasteiger partial charge is 0.326 e. The quantitative estimate of drug-likeness (QED) is 0.502. The van der Waals surface area contributed by atoms with Crippen molar-refractivity contribution in [2.24, 2.45) is 0 Å². The van der Waals surface area contributed by atoms with Gasteiger partial charge in [-0.05, 0) is 26.1 Å². The first kappa shape index (κ1) is 19.3. The summed E-state index contributed by atoms with van der Waals surface area (Å²) in [6, 6.07) is 8.54. The number of H-pyrrole nitrogens is 1. The van der Waals surface area contributed by atoms with Gasteiger partial charge in [0.1, 0.15) is 17.9 Å². The minimum Gasteiger partial charge on any atom is -0.421 e. The van der Waals surface area contributed by atoms with Crippen molar-refractivity contribution in [1.29, 1.82) is 0 Å². The standard InChI is InChI=1S/C21H22FN7O2/c1-13-9-14-10-17(15(22)11-16(14)23-13)31-21-25-19(24-18-3-8-30-27-18)12-20(26-21)29-6-4-28(2)5-7-29/h3,8-12,23H,4-7H2,1-2H3,(H,24,25,26,27). The molecule has 0 bridgehead atoms. The van der Waals surface area contributed by atoms with Crippen LogP contribution >= 0.6 is 0 Å². The summed E-state index contributed by atoms with van der Waals surface area (Å²) in [7, 11) is 2.09. The lowest BCUT2D eigenvalue weighted by Gasteiger charge is -2.33. The minimum absolute atomic E-state index is 0.0490. The fraction of sp³-hybridized carbons (Fsp3) is 0.286. The van der Waals surface area contributed by atoms with Crippen molar-refractivity contribution in [3.05, 3.63) is 48.1 Å². The third-order valence-corrected chi connectivity index (χ3v) is 5.22. The van der Waals surface area contributed by atoms with E-state index in [2.05, 4.69) is 42.3 Å². The molecule has 4 heterocycles. The number of benzene rings is 1. The van der Waals surface area contributed by atoms with Crippen LogP contribution in [0.4, 0.5) is 21.8 Å². The topological polar surface area (TPSA) is 95.3 Å². The zero-order valence-electron chi connectivity index (χ0n) is 17.2. The summed E-state index contributed by atoms with van der Waals surface area (Å²) < 4.78 is 25.3. The molecular weight excluding hydrogens is 401 g/mol. The van der Waals surface area contributed by atoms with E-state index in [4.69, 9.17) is 9.26 Å². The van der Waals surface area contributed by atoms with E-state index in [1.165, 1.54) is 12.3 Å². The van der Waals surface area contributed by atoms with Crippen molar-refractivity contribution in [3.63, 3.8) is 0 Å². The first-order valence-corrected chi connectivity index (χ1v) is 10.0. The van der Waals surface area contributed by atoms with Crippen LogP contribution in [-0.2, 0) is 0 Å². The van der Waals surface area contributed by atoms with Crippen molar-refractivity contribution in [3.8, 4) is 11.8 Å². The lowest BCUT2D eigenvalue weighted by molar-refractivity contribution is 0.311. The summed E-state index contributed by atoms with van der Waals surface area (Å²) in [5, 5.41) is 7.78. The van der Waals surface area contributed by atoms with Gasteiger partial charge in [0.25, 0.3) is 0 Å². The number of nitrogens with one attached hydrogen (secondary N) is 2. The second-order valence-electron chi connectivity index (χ2n) is 7.62. The molecule has 1 fully saturated rings. The zero-order valence-corrected chi connectivity index (χ0v) is 17.2. The van der Waals surface area contributed by atoms with Gasteiger partial charge in [-0.15, -0.1) is 0 Å². The summed E-state index contributed by atoms with van der Waals surface area (Å²) in [6.07, 6.45) is 1.46. The van der Waals surface area contributed by atoms with Crippen LogP contribution in [0.15, 0.2) is 41.1 Å². The average Bonchev–Trinajstić information content (AvgIpc) is 3.37. The SMILES string of the molecule is Cc1cc2cc(Oc3nc(Nc4ccon4)cc(N4CCN(C)CC4)n3)c(F)cc2[nH]1. The van der Waals surface area contributed by atoms with Crippen molar-refractivity contribution >= 4 is 28.4 Å². The van der Waals surface area contributed by atoms with E-state index in [0.717, 1.165) is 37.3 Å². The van der Waals surface area contributed by atoms with Crippen LogP contribution in [0.5, 0.6) is 11.8 Å². The number of hydrogen-bond acceptors (Lipinski definition) is 8. The molecule has 1 aliphatic rings. The summed E-state index contributed by atoms with van der Waals surface area (Å²) >= 11 is 0. The highest BCUT2D eigenvalue weighted by atomic mass is 19.1. The van der Waals surface area contributed by atoms with Crippen LogP contribution in [-0.4, -0.2) is 58.2 Å². The van der Waals surface area contributed by atoms with Gasteiger partial charge in [-0.3, -0.25) is 0 Å². The minimum atomic E-state index is -0.492. The molecular formula is C21H22FN7O2. The molecule has 2 N–H and O–H groups in total. The van der Waals surface area contributed by atoms with Gasteiger partial charge in [0.05, 0.1) is 0 Å². The normalized spacial score (nSPS) is 14.9. The number of likely N-dealkylation sites (N-methyl/N-ethyl adjacent to an activating group) is 1. The molecule has 0 unspecified atom stereocenters. The molecule has 0 aliphatic carbocycles. The van der Waals surface area contributed by atoms with E-state index in [1.807, 2.05) is 19.1 Å². The number of nitrogens with zero attached hydrogens (tertiary/aromatic N) is 5. The van der Waals surface area contributed by atoms with Gasteiger partial charge in [-0.2, -0.15) is 9.97 Å². The molecule has 0 atom stereocenters. The molecule has 0 amide bonds. The lowest BCUT2D eigenvalue weighted by atomic mass is 10.2. The lowest BCUT2D eigenvalue weighted by Crippen LogP contribution is -2.44. The molecule has 9 nitrogen and oxygen atoms in total. The van der Waals surface area contributed by atoms with Crippen LogP contribution in [0.25, 0.3) is 10.9 Å². The number of aromatic amines is 1. The Labute approximate surface area is 177 Å². The van der Waals surface area contributed by atoms with Crippen molar-refractivity contribution in [2.45, 2.75) is 6.92 Å². The Hall–Kier alpha value is -3.66. The molecule has 1 saturated heterocycles. The molecule has 1 aliphatic heterocycles. The number of aromatic nitrogens is 4. The van der Waals surface area contributed by atoms with Crippen LogP contribution in [0.1, 0.15) is 5.69 Å². The van der Waals surface area contributed by atoms with E-state index in [9.17, 15) is 4.39 Å². The Morgan fingerprint density at radius 1 is 1.10 bits per heavy atom. The van der Waals surface area contributed by atoms with Crippen molar-refractivity contribution in [2.75, 3.05) is 43.4 Å². The van der Waals surface area contributed by atoms with Gasteiger partial charge in [0.2, 0.25) is 0 Å². The third-order valence-electron chi connectivity index (χ3n) is 5.22. The van der Waals surface area contributed by atoms with Crippen LogP contribution in [0, 0.1) is 12.7 Å². The fourth-order valence-electron chi connectivity index (χ4n) is 3.58. The van der Waals surface area contributed by atoms with Gasteiger partial charge in [-0.25, -0.2) is 4.39 Å². The van der Waals surface area contributed by atoms with Gasteiger partial charge in [-0.1, -0.05) is 5.16 Å². The van der Waals surface area contributed by atoms with Crippen LogP contribution < -0.4 is 15.0 Å². The Balaban J connectivity index is 1.49. The Kier molecular flexibility index (Phi) is 4.91. The van der Waals surface area contributed by atoms with Gasteiger partial charge in [0, 0.05) is 61.0 Å². The monoisotopic (exact) mass is 423 g/mol. The molecule has 5 rings (SSSR count). The fourth-order valence-corrected chi connectivity index (χ4v) is 3.58. The highest BCUT2D eigenvalue weighted by Gasteiger charge is 2.19. The van der Waals surface area contributed by atoms with E-state index < -0.39 is 5.82 Å². The Morgan fingerprint density at radius 3 is 2.71 bits per heavy atom. The predicted molar refractivity (Wildman–Crippen MR) is 115 cm³/mol. The molecule has 10 heteroatoms. The average molecular weight is 423 g/mol. The second kappa shape index (κ2) is 7.88. The van der Waals surface area contributed by atoms with E-state index >= 15 is 0 Å². The van der Waals surface area contributed by atoms with Crippen molar-refractivity contribution < 1.29 is 13.7 Å². The summed E-state index contributed by atoms with van der Waals surface area (Å²) in [5.74, 6) is 1.25. The van der Waals surface area contributed by atoms with Crippen LogP contribution in [0.3, 0.4) is 0 Å². The van der Waals surface area contributed by atoms with Crippen LogP contribution in [0.2, 0.25) is 0 Å². The summed E-state index contributed by atoms with van der Waals surface area (Å²) in [6.45, 7) is 5.40. The van der Waals surface area contributed by atoms with Gasteiger partial charge >= 0.3 is 6.01 Å².